The number of alkyl halides is 1. The summed E-state index contributed by atoms with van der Waals surface area (Å²) in [6, 6.07) is 8.42. The van der Waals surface area contributed by atoms with E-state index in [2.05, 4.69) is 31.9 Å². The summed E-state index contributed by atoms with van der Waals surface area (Å²) in [5.74, 6) is -1.17. The first-order valence-electron chi connectivity index (χ1n) is 6.45. The molecule has 2 rings (SSSR count). The number of halogens is 6. The van der Waals surface area contributed by atoms with Crippen molar-refractivity contribution in [1.29, 1.82) is 0 Å². The van der Waals surface area contributed by atoms with E-state index in [-0.39, 0.29) is 29.2 Å². The summed E-state index contributed by atoms with van der Waals surface area (Å²) >= 11 is 16.6. The molecule has 0 aliphatic rings. The van der Waals surface area contributed by atoms with Crippen LogP contribution in [0.15, 0.2) is 45.3 Å². The van der Waals surface area contributed by atoms with E-state index >= 15 is 0 Å². The van der Waals surface area contributed by atoms with Crippen LogP contribution in [0.2, 0.25) is 0 Å². The van der Waals surface area contributed by atoms with E-state index < -0.39 is 16.9 Å². The van der Waals surface area contributed by atoms with Crippen LogP contribution in [0.4, 0.5) is 8.78 Å². The van der Waals surface area contributed by atoms with Gasteiger partial charge in [-0.3, -0.25) is 9.59 Å². The second-order valence-corrected chi connectivity index (χ2v) is 6.94. The summed E-state index contributed by atoms with van der Waals surface area (Å²) in [6.45, 7) is 0. The Bertz CT molecular complexity index is 755. The van der Waals surface area contributed by atoms with Gasteiger partial charge in [-0.05, 0) is 48.0 Å². The van der Waals surface area contributed by atoms with Crippen LogP contribution < -0.4 is 0 Å². The minimum Gasteiger partial charge on any atom is -0.294 e. The standard InChI is InChI=1S/C9H7BrClFO.C7H3BrClFO/c10-6-1-2-7(8(12)5-6)9(13)3-4-11;8-4-1-2-5(7(9)11)6(10)3-4/h1-2,5H,3-4H2;1-3H. The van der Waals surface area contributed by atoms with Crippen LogP contribution in [0, 0.1) is 11.6 Å². The lowest BCUT2D eigenvalue weighted by molar-refractivity contribution is 0.0984. The highest BCUT2D eigenvalue weighted by molar-refractivity contribution is 9.10. The molecule has 0 fully saturated rings. The van der Waals surface area contributed by atoms with Gasteiger partial charge >= 0.3 is 0 Å². The molecule has 0 aliphatic carbocycles. The molecule has 0 heterocycles. The monoisotopic (exact) mass is 500 g/mol. The Morgan fingerprint density at radius 3 is 1.75 bits per heavy atom. The van der Waals surface area contributed by atoms with Crippen molar-refractivity contribution in [3.8, 4) is 0 Å². The topological polar surface area (TPSA) is 34.1 Å². The molecule has 0 bridgehead atoms. The van der Waals surface area contributed by atoms with E-state index in [1.807, 2.05) is 0 Å². The fourth-order valence-corrected chi connectivity index (χ4v) is 2.58. The molecule has 0 spiro atoms. The van der Waals surface area contributed by atoms with E-state index in [4.69, 9.17) is 23.2 Å². The smallest absolute Gasteiger partial charge is 0.255 e. The van der Waals surface area contributed by atoms with Crippen LogP contribution in [-0.4, -0.2) is 16.9 Å². The lowest BCUT2D eigenvalue weighted by Gasteiger charge is -2.00. The Labute approximate surface area is 164 Å². The zero-order chi connectivity index (χ0) is 18.3. The van der Waals surface area contributed by atoms with Gasteiger partial charge in [0.2, 0.25) is 0 Å². The normalized spacial score (nSPS) is 9.92. The van der Waals surface area contributed by atoms with Crippen LogP contribution >= 0.6 is 55.1 Å². The summed E-state index contributed by atoms with van der Waals surface area (Å²) in [5.41, 5.74) is -0.00119. The predicted molar refractivity (Wildman–Crippen MR) is 98.1 cm³/mol. The first-order valence-corrected chi connectivity index (χ1v) is 8.95. The number of Topliss-reactive ketones (excluding diaryl/α,β-unsaturated/α-hetero) is 1. The van der Waals surface area contributed by atoms with Crippen molar-refractivity contribution < 1.29 is 18.4 Å². The molecule has 0 N–H and O–H groups in total. The maximum Gasteiger partial charge on any atom is 0.255 e. The number of hydrogen-bond donors (Lipinski definition) is 0. The van der Waals surface area contributed by atoms with Crippen molar-refractivity contribution in [2.75, 3.05) is 5.88 Å². The zero-order valence-electron chi connectivity index (χ0n) is 12.0. The van der Waals surface area contributed by atoms with Crippen molar-refractivity contribution in [1.82, 2.24) is 0 Å². The average Bonchev–Trinajstić information content (AvgIpc) is 2.47. The van der Waals surface area contributed by atoms with Gasteiger partial charge in [-0.1, -0.05) is 31.9 Å². The van der Waals surface area contributed by atoms with E-state index in [1.54, 1.807) is 12.1 Å². The summed E-state index contributed by atoms with van der Waals surface area (Å²) in [7, 11) is 0. The van der Waals surface area contributed by atoms with Gasteiger partial charge in [0.15, 0.2) is 5.78 Å². The molecule has 128 valence electrons. The second-order valence-electron chi connectivity index (χ2n) is 4.38. The summed E-state index contributed by atoms with van der Waals surface area (Å²) in [4.78, 5) is 21.7. The number of benzene rings is 2. The molecule has 0 saturated carbocycles. The average molecular weight is 503 g/mol. The molecule has 8 heteroatoms. The fourth-order valence-electron chi connectivity index (χ4n) is 1.58. The number of hydrogen-bond acceptors (Lipinski definition) is 2. The first-order chi connectivity index (χ1) is 11.3. The molecule has 0 unspecified atom stereocenters. The van der Waals surface area contributed by atoms with Crippen molar-refractivity contribution in [2.45, 2.75) is 6.42 Å². The Balaban J connectivity index is 0.000000243. The Morgan fingerprint density at radius 1 is 0.917 bits per heavy atom. The van der Waals surface area contributed by atoms with Gasteiger partial charge in [0.1, 0.15) is 11.6 Å². The number of rotatable bonds is 4. The minimum absolute atomic E-state index is 0.101. The van der Waals surface area contributed by atoms with Crippen LogP contribution in [0.5, 0.6) is 0 Å². The van der Waals surface area contributed by atoms with Gasteiger partial charge in [0.05, 0.1) is 11.1 Å². The molecular formula is C16H10Br2Cl2F2O2. The SMILES string of the molecule is O=C(CCCl)c1ccc(Br)cc1F.O=C(Cl)c1ccc(Br)cc1F. The summed E-state index contributed by atoms with van der Waals surface area (Å²) < 4.78 is 27.1. The fraction of sp³-hybridized carbons (Fsp3) is 0.125. The molecule has 0 amide bonds. The van der Waals surface area contributed by atoms with Crippen molar-refractivity contribution >= 4 is 66.1 Å². The summed E-state index contributed by atoms with van der Waals surface area (Å²) in [5, 5.41) is -0.782. The Hall–Kier alpha value is -0.820. The van der Waals surface area contributed by atoms with Gasteiger partial charge in [-0.25, -0.2) is 8.78 Å². The molecule has 0 aliphatic heterocycles. The van der Waals surface area contributed by atoms with Crippen LogP contribution in [0.25, 0.3) is 0 Å². The number of carbonyl (C=O) groups excluding carboxylic acids is 2. The van der Waals surface area contributed by atoms with E-state index in [1.165, 1.54) is 24.3 Å². The first kappa shape index (κ1) is 21.2. The highest BCUT2D eigenvalue weighted by Gasteiger charge is 2.10. The third-order valence-electron chi connectivity index (χ3n) is 2.70. The van der Waals surface area contributed by atoms with Crippen LogP contribution in [0.1, 0.15) is 27.1 Å². The van der Waals surface area contributed by atoms with Gasteiger partial charge in [-0.2, -0.15) is 0 Å². The quantitative estimate of drug-likeness (QED) is 0.277. The minimum atomic E-state index is -0.782. The lowest BCUT2D eigenvalue weighted by atomic mass is 10.1. The summed E-state index contributed by atoms with van der Waals surface area (Å²) in [6.07, 6.45) is 0.167. The molecule has 2 nitrogen and oxygen atoms in total. The zero-order valence-corrected chi connectivity index (χ0v) is 16.6. The Kier molecular flexibility index (Phi) is 9.05. The van der Waals surface area contributed by atoms with Crippen molar-refractivity contribution in [3.63, 3.8) is 0 Å². The highest BCUT2D eigenvalue weighted by Crippen LogP contribution is 2.17. The van der Waals surface area contributed by atoms with Gasteiger partial charge in [-0.15, -0.1) is 11.6 Å². The second kappa shape index (κ2) is 10.2. The lowest BCUT2D eigenvalue weighted by Crippen LogP contribution is -2.02. The molecule has 0 saturated heterocycles. The molecular weight excluding hydrogens is 493 g/mol. The van der Waals surface area contributed by atoms with Gasteiger partial charge < -0.3 is 0 Å². The predicted octanol–water partition coefficient (Wildman–Crippen LogP) is 6.37. The van der Waals surface area contributed by atoms with Crippen molar-refractivity contribution in [3.05, 3.63) is 68.1 Å². The molecule has 0 radical (unpaired) electrons. The molecule has 0 atom stereocenters. The number of ketones is 1. The largest absolute Gasteiger partial charge is 0.294 e. The highest BCUT2D eigenvalue weighted by atomic mass is 79.9. The van der Waals surface area contributed by atoms with E-state index in [0.29, 0.717) is 8.95 Å². The maximum absolute atomic E-state index is 13.1. The van der Waals surface area contributed by atoms with E-state index in [9.17, 15) is 18.4 Å². The maximum atomic E-state index is 13.1. The molecule has 2 aromatic carbocycles. The molecule has 0 aromatic heterocycles. The van der Waals surface area contributed by atoms with Crippen LogP contribution in [0.3, 0.4) is 0 Å². The van der Waals surface area contributed by atoms with Gasteiger partial charge in [0.25, 0.3) is 5.24 Å². The Morgan fingerprint density at radius 2 is 1.38 bits per heavy atom. The van der Waals surface area contributed by atoms with Gasteiger partial charge in [0, 0.05) is 21.2 Å². The molecule has 2 aromatic rings. The van der Waals surface area contributed by atoms with E-state index in [0.717, 1.165) is 0 Å². The third kappa shape index (κ3) is 6.59. The molecule has 24 heavy (non-hydrogen) atoms. The third-order valence-corrected chi connectivity index (χ3v) is 4.08. The van der Waals surface area contributed by atoms with Crippen LogP contribution in [-0.2, 0) is 0 Å². The van der Waals surface area contributed by atoms with Crippen molar-refractivity contribution in [2.24, 2.45) is 0 Å². The number of carbonyl (C=O) groups is 2.